The normalized spacial score (nSPS) is 17.1. The Kier molecular flexibility index (Phi) is 3.85. The molecule has 1 N–H and O–H groups in total. The molecule has 2 rings (SSSR count). The molecule has 0 spiro atoms. The van der Waals surface area contributed by atoms with Crippen molar-refractivity contribution in [1.29, 1.82) is 0 Å². The van der Waals surface area contributed by atoms with E-state index in [2.05, 4.69) is 21.2 Å². The van der Waals surface area contributed by atoms with E-state index in [1.54, 1.807) is 0 Å². The maximum atomic E-state index is 13.5. The summed E-state index contributed by atoms with van der Waals surface area (Å²) >= 11 is 2.96. The van der Waals surface area contributed by atoms with Crippen LogP contribution in [0.4, 0.5) is 15.8 Å². The van der Waals surface area contributed by atoms with Crippen LogP contribution in [0.2, 0.25) is 0 Å². The van der Waals surface area contributed by atoms with Gasteiger partial charge in [0.25, 0.3) is 5.69 Å². The molecule has 1 aliphatic rings. The summed E-state index contributed by atoms with van der Waals surface area (Å²) in [5.41, 5.74) is 0.148. The minimum atomic E-state index is -0.500. The Morgan fingerprint density at radius 1 is 1.56 bits per heavy atom. The van der Waals surface area contributed by atoms with Crippen molar-refractivity contribution in [3.63, 3.8) is 0 Å². The molecule has 0 bridgehead atoms. The van der Waals surface area contributed by atoms with E-state index in [9.17, 15) is 14.5 Å². The maximum absolute atomic E-state index is 13.5. The molecule has 1 atom stereocenters. The molecule has 1 fully saturated rings. The molecule has 0 radical (unpaired) electrons. The molecule has 1 aromatic rings. The first-order chi connectivity index (χ1) is 8.49. The zero-order valence-corrected chi connectivity index (χ0v) is 11.5. The van der Waals surface area contributed by atoms with Crippen LogP contribution < -0.4 is 5.32 Å². The van der Waals surface area contributed by atoms with Crippen molar-refractivity contribution in [3.05, 3.63) is 32.5 Å². The summed E-state index contributed by atoms with van der Waals surface area (Å²) in [4.78, 5) is 10.4. The molecule has 1 unspecified atom stereocenters. The fraction of sp³-hybridized carbons (Fsp3) is 0.500. The molecule has 0 heterocycles. The molecule has 0 saturated heterocycles. The van der Waals surface area contributed by atoms with Crippen LogP contribution >= 0.6 is 15.9 Å². The van der Waals surface area contributed by atoms with Crippen LogP contribution in [-0.4, -0.2) is 11.0 Å². The zero-order chi connectivity index (χ0) is 13.3. The summed E-state index contributed by atoms with van der Waals surface area (Å²) in [6.07, 6.45) is 3.45. The average Bonchev–Trinajstić information content (AvgIpc) is 2.19. The Labute approximate surface area is 113 Å². The molecular formula is C12H14BrFN2O2. The second kappa shape index (κ2) is 5.22. The quantitative estimate of drug-likeness (QED) is 0.672. The van der Waals surface area contributed by atoms with Gasteiger partial charge in [0.05, 0.1) is 9.40 Å². The van der Waals surface area contributed by atoms with Gasteiger partial charge in [0.2, 0.25) is 0 Å². The van der Waals surface area contributed by atoms with Crippen molar-refractivity contribution in [2.24, 2.45) is 5.92 Å². The van der Waals surface area contributed by atoms with Gasteiger partial charge >= 0.3 is 0 Å². The molecule has 98 valence electrons. The van der Waals surface area contributed by atoms with Crippen molar-refractivity contribution in [3.8, 4) is 0 Å². The fourth-order valence-electron chi connectivity index (χ4n) is 2.11. The van der Waals surface area contributed by atoms with Crippen LogP contribution in [0.15, 0.2) is 16.6 Å². The number of halogens is 2. The Morgan fingerprint density at radius 3 is 2.72 bits per heavy atom. The summed E-state index contributed by atoms with van der Waals surface area (Å²) in [5, 5.41) is 14.0. The highest BCUT2D eigenvalue weighted by molar-refractivity contribution is 9.10. The SMILES string of the molecule is CC(Nc1cc(F)c(Br)cc1[N+](=O)[O-])C1CCC1. The number of benzene rings is 1. The molecule has 6 heteroatoms. The monoisotopic (exact) mass is 316 g/mol. The van der Waals surface area contributed by atoms with Gasteiger partial charge < -0.3 is 5.32 Å². The number of nitrogens with zero attached hydrogens (tertiary/aromatic N) is 1. The maximum Gasteiger partial charge on any atom is 0.293 e. The third-order valence-electron chi connectivity index (χ3n) is 3.48. The second-order valence-electron chi connectivity index (χ2n) is 4.66. The van der Waals surface area contributed by atoms with Gasteiger partial charge in [-0.05, 0) is 41.6 Å². The lowest BCUT2D eigenvalue weighted by Crippen LogP contribution is -2.31. The number of rotatable bonds is 4. The lowest BCUT2D eigenvalue weighted by Gasteiger charge is -2.32. The van der Waals surface area contributed by atoms with Gasteiger partial charge in [-0.15, -0.1) is 0 Å². The Morgan fingerprint density at radius 2 is 2.22 bits per heavy atom. The van der Waals surface area contributed by atoms with E-state index in [1.807, 2.05) is 6.92 Å². The van der Waals surface area contributed by atoms with Crippen LogP contribution in [0.25, 0.3) is 0 Å². The first-order valence-electron chi connectivity index (χ1n) is 5.89. The van der Waals surface area contributed by atoms with Crippen LogP contribution in [0.3, 0.4) is 0 Å². The lowest BCUT2D eigenvalue weighted by molar-refractivity contribution is -0.384. The van der Waals surface area contributed by atoms with Gasteiger partial charge in [-0.25, -0.2) is 4.39 Å². The second-order valence-corrected chi connectivity index (χ2v) is 5.52. The van der Waals surface area contributed by atoms with E-state index in [4.69, 9.17) is 0 Å². The fourth-order valence-corrected chi connectivity index (χ4v) is 2.44. The molecule has 1 aromatic carbocycles. The highest BCUT2D eigenvalue weighted by Crippen LogP contribution is 2.35. The Bertz CT molecular complexity index is 477. The van der Waals surface area contributed by atoms with Gasteiger partial charge in [0.15, 0.2) is 0 Å². The third-order valence-corrected chi connectivity index (χ3v) is 4.08. The average molecular weight is 317 g/mol. The summed E-state index contributed by atoms with van der Waals surface area (Å²) < 4.78 is 13.6. The van der Waals surface area contributed by atoms with Crippen LogP contribution in [0.1, 0.15) is 26.2 Å². The Hall–Kier alpha value is -1.17. The topological polar surface area (TPSA) is 55.2 Å². The van der Waals surface area contributed by atoms with Gasteiger partial charge in [-0.1, -0.05) is 6.42 Å². The smallest absolute Gasteiger partial charge is 0.293 e. The molecule has 18 heavy (non-hydrogen) atoms. The van der Waals surface area contributed by atoms with Crippen molar-refractivity contribution < 1.29 is 9.31 Å². The summed E-state index contributed by atoms with van der Waals surface area (Å²) in [6, 6.07) is 2.50. The standard InChI is InChI=1S/C12H14BrFN2O2/c1-7(8-3-2-4-8)15-11-6-10(14)9(13)5-12(11)16(17)18/h5-8,15H,2-4H2,1H3. The molecule has 0 aliphatic heterocycles. The van der Waals surface area contributed by atoms with E-state index in [1.165, 1.54) is 18.6 Å². The van der Waals surface area contributed by atoms with Gasteiger partial charge in [0, 0.05) is 18.2 Å². The molecular weight excluding hydrogens is 303 g/mol. The number of nitro groups is 1. The Balaban J connectivity index is 2.24. The number of hydrogen-bond acceptors (Lipinski definition) is 3. The number of hydrogen-bond donors (Lipinski definition) is 1. The predicted octanol–water partition coefficient (Wildman–Crippen LogP) is 4.10. The number of anilines is 1. The molecule has 4 nitrogen and oxygen atoms in total. The van der Waals surface area contributed by atoms with Crippen molar-refractivity contribution in [1.82, 2.24) is 0 Å². The molecule has 1 aliphatic carbocycles. The largest absolute Gasteiger partial charge is 0.377 e. The van der Waals surface area contributed by atoms with E-state index in [-0.39, 0.29) is 21.9 Å². The first kappa shape index (κ1) is 13.3. The van der Waals surface area contributed by atoms with Crippen LogP contribution in [0.5, 0.6) is 0 Å². The summed E-state index contributed by atoms with van der Waals surface area (Å²) in [5.74, 6) is 0.0280. The van der Waals surface area contributed by atoms with Crippen molar-refractivity contribution in [2.75, 3.05) is 5.32 Å². The first-order valence-corrected chi connectivity index (χ1v) is 6.68. The van der Waals surface area contributed by atoms with E-state index in [0.29, 0.717) is 5.92 Å². The third kappa shape index (κ3) is 2.63. The zero-order valence-electron chi connectivity index (χ0n) is 9.95. The minimum Gasteiger partial charge on any atom is -0.377 e. The van der Waals surface area contributed by atoms with E-state index in [0.717, 1.165) is 12.8 Å². The highest BCUT2D eigenvalue weighted by atomic mass is 79.9. The summed E-state index contributed by atoms with van der Waals surface area (Å²) in [6.45, 7) is 1.98. The number of nitrogens with one attached hydrogen (secondary N) is 1. The predicted molar refractivity (Wildman–Crippen MR) is 71.2 cm³/mol. The number of nitro benzene ring substituents is 1. The molecule has 1 saturated carbocycles. The van der Waals surface area contributed by atoms with Gasteiger partial charge in [0.1, 0.15) is 11.5 Å². The van der Waals surface area contributed by atoms with Crippen LogP contribution in [-0.2, 0) is 0 Å². The molecule has 0 amide bonds. The lowest BCUT2D eigenvalue weighted by atomic mass is 9.80. The van der Waals surface area contributed by atoms with Crippen LogP contribution in [0, 0.1) is 21.8 Å². The summed E-state index contributed by atoms with van der Waals surface area (Å²) in [7, 11) is 0. The highest BCUT2D eigenvalue weighted by Gasteiger charge is 2.26. The van der Waals surface area contributed by atoms with Gasteiger partial charge in [-0.3, -0.25) is 10.1 Å². The van der Waals surface area contributed by atoms with E-state index < -0.39 is 10.7 Å². The molecule has 0 aromatic heterocycles. The van der Waals surface area contributed by atoms with Gasteiger partial charge in [-0.2, -0.15) is 0 Å². The van der Waals surface area contributed by atoms with E-state index >= 15 is 0 Å². The van der Waals surface area contributed by atoms with Crippen molar-refractivity contribution >= 4 is 27.3 Å². The minimum absolute atomic E-state index is 0.102. The van der Waals surface area contributed by atoms with Crippen molar-refractivity contribution in [2.45, 2.75) is 32.2 Å².